The number of hydrogen-bond donors (Lipinski definition) is 1. The molecular weight excluding hydrogens is 341 g/mol. The van der Waals surface area contributed by atoms with Crippen LogP contribution in [0.1, 0.15) is 38.3 Å². The molecule has 2 heterocycles. The Morgan fingerprint density at radius 2 is 1.96 bits per heavy atom. The maximum absolute atomic E-state index is 14.2. The Morgan fingerprint density at radius 3 is 2.70 bits per heavy atom. The number of nitrogens with zero attached hydrogens (tertiary/aromatic N) is 2. The molecule has 27 heavy (non-hydrogen) atoms. The van der Waals surface area contributed by atoms with Crippen LogP contribution >= 0.6 is 0 Å². The maximum Gasteiger partial charge on any atom is 0.223 e. The molecule has 5 heteroatoms. The van der Waals surface area contributed by atoms with Crippen LogP contribution in [0.2, 0.25) is 0 Å². The van der Waals surface area contributed by atoms with Crippen molar-refractivity contribution in [2.75, 3.05) is 18.5 Å². The Balaban J connectivity index is 1.74. The number of nitrogens with one attached hydrogen (secondary N) is 1. The van der Waals surface area contributed by atoms with Crippen LogP contribution in [-0.4, -0.2) is 29.2 Å². The summed E-state index contributed by atoms with van der Waals surface area (Å²) in [5.41, 5.74) is 2.68. The fourth-order valence-corrected chi connectivity index (χ4v) is 3.47. The Hall–Kier alpha value is -2.53. The molecule has 1 fully saturated rings. The van der Waals surface area contributed by atoms with Gasteiger partial charge in [-0.3, -0.25) is 0 Å². The van der Waals surface area contributed by atoms with Crippen LogP contribution in [0.15, 0.2) is 42.5 Å². The van der Waals surface area contributed by atoms with E-state index in [1.54, 1.807) is 12.1 Å². The average molecular weight is 365 g/mol. The molecule has 0 bridgehead atoms. The monoisotopic (exact) mass is 365 g/mol. The number of anilines is 1. The van der Waals surface area contributed by atoms with Gasteiger partial charge >= 0.3 is 0 Å². The summed E-state index contributed by atoms with van der Waals surface area (Å²) in [6, 6.07) is 12.8. The van der Waals surface area contributed by atoms with Crippen LogP contribution in [0, 0.1) is 5.82 Å². The lowest BCUT2D eigenvalue weighted by atomic mass is 10.00. The summed E-state index contributed by atoms with van der Waals surface area (Å²) in [6.45, 7) is 5.74. The second kappa shape index (κ2) is 7.61. The van der Waals surface area contributed by atoms with Crippen molar-refractivity contribution >= 4 is 16.7 Å². The van der Waals surface area contributed by atoms with Crippen molar-refractivity contribution in [3.8, 4) is 11.3 Å². The van der Waals surface area contributed by atoms with Crippen molar-refractivity contribution in [1.82, 2.24) is 9.97 Å². The van der Waals surface area contributed by atoms with Gasteiger partial charge in [-0.1, -0.05) is 38.1 Å². The van der Waals surface area contributed by atoms with Crippen LogP contribution in [-0.2, 0) is 4.74 Å². The van der Waals surface area contributed by atoms with Crippen LogP contribution in [0.25, 0.3) is 22.0 Å². The molecule has 0 aliphatic carbocycles. The van der Waals surface area contributed by atoms with Gasteiger partial charge in [-0.05, 0) is 42.3 Å². The zero-order chi connectivity index (χ0) is 18.8. The molecule has 0 saturated carbocycles. The first-order valence-electron chi connectivity index (χ1n) is 9.54. The van der Waals surface area contributed by atoms with Crippen molar-refractivity contribution in [1.29, 1.82) is 0 Å². The summed E-state index contributed by atoms with van der Waals surface area (Å²) in [5, 5.41) is 4.79. The van der Waals surface area contributed by atoms with E-state index in [2.05, 4.69) is 24.1 Å². The fraction of sp³-hybridized carbons (Fsp3) is 0.364. The molecular formula is C22H24FN3O. The topological polar surface area (TPSA) is 47.0 Å². The predicted octanol–water partition coefficient (Wildman–Crippen LogP) is 5.15. The molecule has 140 valence electrons. The summed E-state index contributed by atoms with van der Waals surface area (Å²) in [5.74, 6) is 0.645. The number of hydrogen-bond acceptors (Lipinski definition) is 4. The first kappa shape index (κ1) is 17.9. The maximum atomic E-state index is 14.2. The molecule has 0 amide bonds. The van der Waals surface area contributed by atoms with Gasteiger partial charge in [0.1, 0.15) is 5.82 Å². The first-order valence-corrected chi connectivity index (χ1v) is 9.54. The van der Waals surface area contributed by atoms with E-state index in [0.29, 0.717) is 17.9 Å². The van der Waals surface area contributed by atoms with Gasteiger partial charge in [-0.15, -0.1) is 0 Å². The second-order valence-corrected chi connectivity index (χ2v) is 7.31. The molecule has 3 aromatic rings. The normalized spacial score (nSPS) is 17.0. The minimum absolute atomic E-state index is 0.214. The molecule has 4 rings (SSSR count). The highest BCUT2D eigenvalue weighted by atomic mass is 19.1. The highest BCUT2D eigenvalue weighted by Crippen LogP contribution is 2.31. The Morgan fingerprint density at radius 1 is 1.15 bits per heavy atom. The first-order chi connectivity index (χ1) is 13.1. The van der Waals surface area contributed by atoms with E-state index in [1.807, 2.05) is 24.3 Å². The van der Waals surface area contributed by atoms with E-state index in [0.717, 1.165) is 41.8 Å². The minimum atomic E-state index is -0.218. The Bertz CT molecular complexity index is 951. The Kier molecular flexibility index (Phi) is 5.03. The largest absolute Gasteiger partial charge is 0.376 e. The molecule has 1 unspecified atom stereocenters. The number of rotatable bonds is 5. The van der Waals surface area contributed by atoms with Crippen molar-refractivity contribution in [2.24, 2.45) is 0 Å². The van der Waals surface area contributed by atoms with Crippen LogP contribution in [0.4, 0.5) is 10.3 Å². The third kappa shape index (κ3) is 3.78. The number of fused-ring (bicyclic) bond motifs is 1. The summed E-state index contributed by atoms with van der Waals surface area (Å²) in [6.07, 6.45) is 2.38. The molecule has 1 atom stereocenters. The summed E-state index contributed by atoms with van der Waals surface area (Å²) in [4.78, 5) is 9.39. The molecule has 0 spiro atoms. The third-order valence-electron chi connectivity index (χ3n) is 5.00. The van der Waals surface area contributed by atoms with E-state index in [1.165, 1.54) is 6.07 Å². The van der Waals surface area contributed by atoms with E-state index in [9.17, 15) is 4.39 Å². The van der Waals surface area contributed by atoms with E-state index in [4.69, 9.17) is 9.72 Å². The molecule has 1 aromatic heterocycles. The predicted molar refractivity (Wildman–Crippen MR) is 106 cm³/mol. The van der Waals surface area contributed by atoms with Crippen molar-refractivity contribution < 1.29 is 9.13 Å². The minimum Gasteiger partial charge on any atom is -0.376 e. The van der Waals surface area contributed by atoms with Crippen molar-refractivity contribution in [2.45, 2.75) is 38.7 Å². The van der Waals surface area contributed by atoms with Crippen LogP contribution < -0.4 is 5.32 Å². The number of benzene rings is 2. The second-order valence-electron chi connectivity index (χ2n) is 7.31. The molecule has 1 aliphatic heterocycles. The van der Waals surface area contributed by atoms with Gasteiger partial charge in [0, 0.05) is 29.8 Å². The van der Waals surface area contributed by atoms with Gasteiger partial charge in [0.15, 0.2) is 0 Å². The number of ether oxygens (including phenoxy) is 1. The zero-order valence-electron chi connectivity index (χ0n) is 15.7. The number of halogens is 1. The smallest absolute Gasteiger partial charge is 0.223 e. The summed E-state index contributed by atoms with van der Waals surface area (Å²) >= 11 is 0. The van der Waals surface area contributed by atoms with Gasteiger partial charge in [-0.2, -0.15) is 0 Å². The molecule has 4 nitrogen and oxygen atoms in total. The van der Waals surface area contributed by atoms with E-state index >= 15 is 0 Å². The highest BCUT2D eigenvalue weighted by Gasteiger charge is 2.17. The standard InChI is InChI=1S/C22H24FN3O/c1-14(2)20-12-21(26-22(25-20)24-13-15-6-5-11-27-15)18-9-10-19(23)17-8-4-3-7-16(17)18/h3-4,7-10,12,14-15H,5-6,11,13H2,1-2H3,(H,24,25,26). The van der Waals surface area contributed by atoms with Gasteiger partial charge < -0.3 is 10.1 Å². The number of aromatic nitrogens is 2. The summed E-state index contributed by atoms with van der Waals surface area (Å²) in [7, 11) is 0. The highest BCUT2D eigenvalue weighted by molar-refractivity contribution is 5.96. The third-order valence-corrected chi connectivity index (χ3v) is 5.00. The zero-order valence-corrected chi connectivity index (χ0v) is 15.7. The lowest BCUT2D eigenvalue weighted by Crippen LogP contribution is -2.20. The van der Waals surface area contributed by atoms with E-state index < -0.39 is 0 Å². The average Bonchev–Trinajstić information content (AvgIpc) is 3.20. The van der Waals surface area contributed by atoms with Gasteiger partial charge in [0.2, 0.25) is 5.95 Å². The van der Waals surface area contributed by atoms with Gasteiger partial charge in [0.25, 0.3) is 0 Å². The molecule has 1 N–H and O–H groups in total. The van der Waals surface area contributed by atoms with Gasteiger partial charge in [-0.25, -0.2) is 14.4 Å². The van der Waals surface area contributed by atoms with Crippen molar-refractivity contribution in [3.05, 3.63) is 54.0 Å². The lowest BCUT2D eigenvalue weighted by Gasteiger charge is -2.15. The van der Waals surface area contributed by atoms with Crippen LogP contribution in [0.3, 0.4) is 0 Å². The van der Waals surface area contributed by atoms with Gasteiger partial charge in [0.05, 0.1) is 11.8 Å². The van der Waals surface area contributed by atoms with E-state index in [-0.39, 0.29) is 17.8 Å². The summed E-state index contributed by atoms with van der Waals surface area (Å²) < 4.78 is 19.9. The molecule has 1 aliphatic rings. The Labute approximate surface area is 158 Å². The SMILES string of the molecule is CC(C)c1cc(-c2ccc(F)c3ccccc23)nc(NCC2CCCO2)n1. The molecule has 2 aromatic carbocycles. The van der Waals surface area contributed by atoms with Crippen molar-refractivity contribution in [3.63, 3.8) is 0 Å². The fourth-order valence-electron chi connectivity index (χ4n) is 3.47. The molecule has 0 radical (unpaired) electrons. The lowest BCUT2D eigenvalue weighted by molar-refractivity contribution is 0.120. The van der Waals surface area contributed by atoms with Crippen LogP contribution in [0.5, 0.6) is 0 Å². The quantitative estimate of drug-likeness (QED) is 0.679. The molecule has 1 saturated heterocycles.